The van der Waals surface area contributed by atoms with Gasteiger partial charge in [-0.3, -0.25) is 4.79 Å². The van der Waals surface area contributed by atoms with Crippen molar-refractivity contribution in [2.45, 2.75) is 6.10 Å². The van der Waals surface area contributed by atoms with E-state index in [0.29, 0.717) is 18.1 Å². The molecule has 5 nitrogen and oxygen atoms in total. The topological polar surface area (TPSA) is 77.2 Å². The van der Waals surface area contributed by atoms with Crippen molar-refractivity contribution >= 4 is 11.7 Å². The number of hydrogen-bond acceptors (Lipinski definition) is 4. The van der Waals surface area contributed by atoms with E-state index >= 15 is 0 Å². The van der Waals surface area contributed by atoms with Gasteiger partial charge in [0, 0.05) is 6.20 Å². The predicted octanol–water partition coefficient (Wildman–Crippen LogP) is -0.260. The number of amides is 1. The summed E-state index contributed by atoms with van der Waals surface area (Å²) in [4.78, 5) is 14.8. The molecule has 1 aromatic heterocycles. The normalized spacial score (nSPS) is 19.5. The van der Waals surface area contributed by atoms with Crippen LogP contribution in [0.3, 0.4) is 0 Å². The van der Waals surface area contributed by atoms with Crippen molar-refractivity contribution in [3.05, 3.63) is 18.3 Å². The van der Waals surface area contributed by atoms with E-state index in [1.54, 1.807) is 18.3 Å². The van der Waals surface area contributed by atoms with E-state index in [1.165, 1.54) is 0 Å². The Bertz CT molecular complexity index is 340. The second-order valence-corrected chi connectivity index (χ2v) is 2.74. The average Bonchev–Trinajstić information content (AvgIpc) is 2.17. The van der Waals surface area contributed by atoms with Crippen molar-refractivity contribution < 1.29 is 9.53 Å². The quantitative estimate of drug-likeness (QED) is 0.622. The molecule has 1 aromatic rings. The summed E-state index contributed by atoms with van der Waals surface area (Å²) in [7, 11) is 0. The van der Waals surface area contributed by atoms with Crippen LogP contribution in [0.4, 0.5) is 5.82 Å². The summed E-state index contributed by atoms with van der Waals surface area (Å²) >= 11 is 0. The number of rotatable bonds is 1. The molecule has 68 valence electrons. The zero-order chi connectivity index (χ0) is 9.26. The summed E-state index contributed by atoms with van der Waals surface area (Å²) in [6.45, 7) is 0.374. The van der Waals surface area contributed by atoms with Crippen LogP contribution in [0.1, 0.15) is 0 Å². The molecule has 3 N–H and O–H groups in total. The monoisotopic (exact) mass is 179 g/mol. The summed E-state index contributed by atoms with van der Waals surface area (Å²) < 4.78 is 5.29. The van der Waals surface area contributed by atoms with Crippen molar-refractivity contribution in [3.8, 4) is 5.75 Å². The van der Waals surface area contributed by atoms with Crippen molar-refractivity contribution in [2.75, 3.05) is 11.9 Å². The van der Waals surface area contributed by atoms with Gasteiger partial charge in [0.1, 0.15) is 0 Å². The van der Waals surface area contributed by atoms with E-state index in [0.717, 1.165) is 0 Å². The number of nitrogens with zero attached hydrogens (tertiary/aromatic N) is 1. The summed E-state index contributed by atoms with van der Waals surface area (Å²) in [6, 6.07) is 3.48. The Balaban J connectivity index is 2.24. The van der Waals surface area contributed by atoms with Crippen LogP contribution in [-0.2, 0) is 4.79 Å². The van der Waals surface area contributed by atoms with Crippen LogP contribution in [0, 0.1) is 0 Å². The molecular weight excluding hydrogens is 170 g/mol. The lowest BCUT2D eigenvalue weighted by Crippen LogP contribution is -2.42. The lowest BCUT2D eigenvalue weighted by atomic mass is 10.3. The number of fused-ring (bicyclic) bond motifs is 1. The molecule has 0 spiro atoms. The van der Waals surface area contributed by atoms with Crippen LogP contribution in [-0.4, -0.2) is 23.5 Å². The van der Waals surface area contributed by atoms with E-state index in [2.05, 4.69) is 10.3 Å². The Morgan fingerprint density at radius 2 is 2.62 bits per heavy atom. The highest BCUT2D eigenvalue weighted by atomic mass is 16.5. The van der Waals surface area contributed by atoms with Crippen molar-refractivity contribution in [1.82, 2.24) is 4.98 Å². The Kier molecular flexibility index (Phi) is 1.77. The van der Waals surface area contributed by atoms with Crippen LogP contribution >= 0.6 is 0 Å². The van der Waals surface area contributed by atoms with E-state index in [4.69, 9.17) is 10.5 Å². The zero-order valence-electron chi connectivity index (χ0n) is 6.86. The summed E-state index contributed by atoms with van der Waals surface area (Å²) in [6.07, 6.45) is 1.05. The number of hydrogen-bond donors (Lipinski definition) is 2. The number of anilines is 1. The predicted molar refractivity (Wildman–Crippen MR) is 46.3 cm³/mol. The summed E-state index contributed by atoms with van der Waals surface area (Å²) in [5.41, 5.74) is 5.10. The van der Waals surface area contributed by atoms with Gasteiger partial charge in [-0.1, -0.05) is 0 Å². The fourth-order valence-corrected chi connectivity index (χ4v) is 1.16. The minimum Gasteiger partial charge on any atom is -0.475 e. The molecule has 0 aromatic carbocycles. The molecule has 2 heterocycles. The third-order valence-corrected chi connectivity index (χ3v) is 1.81. The second-order valence-electron chi connectivity index (χ2n) is 2.74. The van der Waals surface area contributed by atoms with Gasteiger partial charge in [-0.15, -0.1) is 0 Å². The van der Waals surface area contributed by atoms with Gasteiger partial charge in [-0.05, 0) is 12.1 Å². The van der Waals surface area contributed by atoms with Crippen molar-refractivity contribution in [3.63, 3.8) is 0 Å². The highest BCUT2D eigenvalue weighted by Crippen LogP contribution is 2.25. The molecule has 0 radical (unpaired) electrons. The lowest BCUT2D eigenvalue weighted by molar-refractivity contribution is -0.124. The number of nitrogens with two attached hydrogens (primary N) is 1. The summed E-state index contributed by atoms with van der Waals surface area (Å²) in [5.74, 6) is 0.750. The first-order valence-corrected chi connectivity index (χ1v) is 3.92. The number of ether oxygens (including phenoxy) is 1. The third-order valence-electron chi connectivity index (χ3n) is 1.81. The van der Waals surface area contributed by atoms with Gasteiger partial charge in [-0.25, -0.2) is 4.98 Å². The number of carbonyl (C=O) groups excluding carboxylic acids is 1. The molecule has 1 aliphatic rings. The van der Waals surface area contributed by atoms with Gasteiger partial charge in [-0.2, -0.15) is 0 Å². The molecule has 2 rings (SSSR count). The number of aromatic nitrogens is 1. The van der Waals surface area contributed by atoms with Crippen LogP contribution in [0.5, 0.6) is 5.75 Å². The standard InChI is InChI=1S/C8H9N3O2/c9-7(12)6-4-11-8-5(13-6)2-1-3-10-8/h1-3,6H,4H2,(H2,9,12)(H,10,11). The van der Waals surface area contributed by atoms with E-state index in [-0.39, 0.29) is 0 Å². The minimum absolute atomic E-state index is 0.374. The smallest absolute Gasteiger partial charge is 0.260 e. The molecule has 1 aliphatic heterocycles. The van der Waals surface area contributed by atoms with Crippen LogP contribution in [0.15, 0.2) is 18.3 Å². The van der Waals surface area contributed by atoms with Gasteiger partial charge in [0.15, 0.2) is 17.7 Å². The maximum atomic E-state index is 10.8. The highest BCUT2D eigenvalue weighted by Gasteiger charge is 2.23. The first-order valence-electron chi connectivity index (χ1n) is 3.92. The highest BCUT2D eigenvalue weighted by molar-refractivity contribution is 5.80. The zero-order valence-corrected chi connectivity index (χ0v) is 6.86. The van der Waals surface area contributed by atoms with Crippen molar-refractivity contribution in [2.24, 2.45) is 5.73 Å². The molecule has 0 fully saturated rings. The number of carbonyl (C=O) groups is 1. The van der Waals surface area contributed by atoms with Gasteiger partial charge in [0.05, 0.1) is 6.54 Å². The average molecular weight is 179 g/mol. The van der Waals surface area contributed by atoms with Crippen LogP contribution < -0.4 is 15.8 Å². The lowest BCUT2D eigenvalue weighted by Gasteiger charge is -2.23. The SMILES string of the molecule is NC(=O)C1CNc2ncccc2O1. The van der Waals surface area contributed by atoms with Crippen LogP contribution in [0.2, 0.25) is 0 Å². The number of nitrogens with one attached hydrogen (secondary N) is 1. The van der Waals surface area contributed by atoms with Gasteiger partial charge >= 0.3 is 0 Å². The third kappa shape index (κ3) is 1.40. The Morgan fingerprint density at radius 1 is 1.77 bits per heavy atom. The minimum atomic E-state index is -0.600. The molecular formula is C8H9N3O2. The maximum Gasteiger partial charge on any atom is 0.260 e. The molecule has 13 heavy (non-hydrogen) atoms. The van der Waals surface area contributed by atoms with Gasteiger partial charge in [0.25, 0.3) is 5.91 Å². The first kappa shape index (κ1) is 7.85. The van der Waals surface area contributed by atoms with E-state index in [9.17, 15) is 4.79 Å². The Hall–Kier alpha value is -1.78. The number of pyridine rings is 1. The Morgan fingerprint density at radius 3 is 3.38 bits per heavy atom. The fourth-order valence-electron chi connectivity index (χ4n) is 1.16. The van der Waals surface area contributed by atoms with Crippen molar-refractivity contribution in [1.29, 1.82) is 0 Å². The molecule has 1 unspecified atom stereocenters. The van der Waals surface area contributed by atoms with Crippen LogP contribution in [0.25, 0.3) is 0 Å². The Labute approximate surface area is 74.9 Å². The van der Waals surface area contributed by atoms with Gasteiger partial charge in [0.2, 0.25) is 0 Å². The second kappa shape index (κ2) is 2.93. The van der Waals surface area contributed by atoms with E-state index < -0.39 is 12.0 Å². The molecule has 5 heteroatoms. The maximum absolute atomic E-state index is 10.8. The van der Waals surface area contributed by atoms with E-state index in [1.807, 2.05) is 0 Å². The molecule has 0 aliphatic carbocycles. The molecule has 0 saturated heterocycles. The number of primary amides is 1. The molecule has 1 amide bonds. The fraction of sp³-hybridized carbons (Fsp3) is 0.250. The molecule has 1 atom stereocenters. The summed E-state index contributed by atoms with van der Waals surface area (Å²) in [5, 5.41) is 2.96. The molecule has 0 bridgehead atoms. The largest absolute Gasteiger partial charge is 0.475 e. The van der Waals surface area contributed by atoms with Gasteiger partial charge < -0.3 is 15.8 Å². The first-order chi connectivity index (χ1) is 6.27. The molecule has 0 saturated carbocycles.